The fourth-order valence-corrected chi connectivity index (χ4v) is 3.12. The molecule has 1 aliphatic rings. The molecule has 1 heterocycles. The first-order valence-electron chi connectivity index (χ1n) is 8.77. The summed E-state index contributed by atoms with van der Waals surface area (Å²) in [5.74, 6) is 0.783. The van der Waals surface area contributed by atoms with Crippen LogP contribution in [0.3, 0.4) is 0 Å². The molecule has 25 heavy (non-hydrogen) atoms. The lowest BCUT2D eigenvalue weighted by molar-refractivity contribution is -0.120. The summed E-state index contributed by atoms with van der Waals surface area (Å²) in [6, 6.07) is 11.0. The van der Waals surface area contributed by atoms with Crippen molar-refractivity contribution in [3.63, 3.8) is 0 Å². The minimum Gasteiger partial charge on any atom is -0.354 e. The average Bonchev–Trinajstić information content (AvgIpc) is 2.64. The van der Waals surface area contributed by atoms with Crippen LogP contribution in [-0.2, 0) is 4.79 Å². The van der Waals surface area contributed by atoms with Crippen molar-refractivity contribution in [1.82, 2.24) is 4.98 Å². The summed E-state index contributed by atoms with van der Waals surface area (Å²) in [6.45, 7) is 1.55. The van der Waals surface area contributed by atoms with E-state index in [1.165, 1.54) is 6.42 Å². The molecule has 0 atom stereocenters. The molecule has 1 aliphatic carbocycles. The molecule has 130 valence electrons. The molecule has 0 unspecified atom stereocenters. The van der Waals surface area contributed by atoms with E-state index in [1.807, 2.05) is 18.2 Å². The number of amides is 1. The van der Waals surface area contributed by atoms with Gasteiger partial charge in [-0.05, 0) is 44.0 Å². The normalized spacial score (nSPS) is 14.8. The molecule has 0 aliphatic heterocycles. The van der Waals surface area contributed by atoms with E-state index in [4.69, 9.17) is 0 Å². The van der Waals surface area contributed by atoms with Gasteiger partial charge in [-0.3, -0.25) is 9.59 Å². The van der Waals surface area contributed by atoms with Crippen LogP contribution in [0.5, 0.6) is 0 Å². The monoisotopic (exact) mass is 337 g/mol. The van der Waals surface area contributed by atoms with Crippen molar-refractivity contribution < 1.29 is 9.59 Å². The lowest BCUT2D eigenvalue weighted by Crippen LogP contribution is -2.25. The summed E-state index contributed by atoms with van der Waals surface area (Å²) in [5.41, 5.74) is 2.29. The van der Waals surface area contributed by atoms with Crippen molar-refractivity contribution in [2.45, 2.75) is 39.0 Å². The highest BCUT2D eigenvalue weighted by molar-refractivity contribution is 5.95. The Balaban J connectivity index is 1.61. The Morgan fingerprint density at radius 2 is 1.84 bits per heavy atom. The molecule has 1 saturated carbocycles. The Labute approximate surface area is 147 Å². The number of nitrogens with one attached hydrogen (secondary N) is 2. The predicted octanol–water partition coefficient (Wildman–Crippen LogP) is 4.55. The Morgan fingerprint density at radius 3 is 2.52 bits per heavy atom. The number of ketones is 1. The van der Waals surface area contributed by atoms with E-state index >= 15 is 0 Å². The number of carbonyl (C=O) groups excluding carboxylic acids is 2. The second kappa shape index (κ2) is 7.92. The quantitative estimate of drug-likeness (QED) is 0.785. The standard InChI is InChI=1S/C20H23N3O2/c1-14(24)16-8-5-9-17(12-16)22-18-10-11-19(21-13-18)23-20(25)15-6-3-2-4-7-15/h5,8-13,15,22H,2-4,6-7H2,1H3,(H,21,23,25). The number of carbonyl (C=O) groups is 2. The highest BCUT2D eigenvalue weighted by Gasteiger charge is 2.21. The molecule has 2 N–H and O–H groups in total. The third-order valence-electron chi connectivity index (χ3n) is 4.55. The molecule has 2 aromatic rings. The summed E-state index contributed by atoms with van der Waals surface area (Å²) >= 11 is 0. The van der Waals surface area contributed by atoms with Crippen molar-refractivity contribution in [2.24, 2.45) is 5.92 Å². The van der Waals surface area contributed by atoms with Gasteiger partial charge < -0.3 is 10.6 Å². The zero-order valence-corrected chi connectivity index (χ0v) is 14.4. The molecule has 0 spiro atoms. The molecule has 0 radical (unpaired) electrons. The van der Waals surface area contributed by atoms with E-state index in [-0.39, 0.29) is 17.6 Å². The van der Waals surface area contributed by atoms with Crippen molar-refractivity contribution in [2.75, 3.05) is 10.6 Å². The molecule has 1 aromatic carbocycles. The second-order valence-corrected chi connectivity index (χ2v) is 6.52. The maximum absolute atomic E-state index is 12.2. The van der Waals surface area contributed by atoms with E-state index < -0.39 is 0 Å². The molecule has 1 amide bonds. The van der Waals surface area contributed by atoms with Gasteiger partial charge in [-0.1, -0.05) is 31.4 Å². The van der Waals surface area contributed by atoms with Gasteiger partial charge in [0, 0.05) is 17.2 Å². The molecule has 0 bridgehead atoms. The molecule has 5 heteroatoms. The van der Waals surface area contributed by atoms with Gasteiger partial charge in [0.2, 0.25) is 5.91 Å². The van der Waals surface area contributed by atoms with E-state index in [0.29, 0.717) is 11.4 Å². The number of hydrogen-bond donors (Lipinski definition) is 2. The fourth-order valence-electron chi connectivity index (χ4n) is 3.12. The first-order chi connectivity index (χ1) is 12.1. The third kappa shape index (κ3) is 4.66. The van der Waals surface area contributed by atoms with Crippen molar-refractivity contribution in [1.29, 1.82) is 0 Å². The number of benzene rings is 1. The van der Waals surface area contributed by atoms with Crippen LogP contribution in [0.15, 0.2) is 42.6 Å². The van der Waals surface area contributed by atoms with Crippen LogP contribution in [0.4, 0.5) is 17.2 Å². The molecule has 5 nitrogen and oxygen atoms in total. The van der Waals surface area contributed by atoms with Gasteiger partial charge in [-0.2, -0.15) is 0 Å². The number of pyridine rings is 1. The second-order valence-electron chi connectivity index (χ2n) is 6.52. The zero-order chi connectivity index (χ0) is 17.6. The Kier molecular flexibility index (Phi) is 5.43. The van der Waals surface area contributed by atoms with E-state index in [1.54, 1.807) is 31.3 Å². The topological polar surface area (TPSA) is 71.1 Å². The smallest absolute Gasteiger partial charge is 0.228 e. The number of rotatable bonds is 5. The molecule has 1 aromatic heterocycles. The minimum absolute atomic E-state index is 0.0301. The van der Waals surface area contributed by atoms with Crippen LogP contribution in [0.25, 0.3) is 0 Å². The molecular weight excluding hydrogens is 314 g/mol. The third-order valence-corrected chi connectivity index (χ3v) is 4.55. The lowest BCUT2D eigenvalue weighted by Gasteiger charge is -2.20. The van der Waals surface area contributed by atoms with Crippen molar-refractivity contribution >= 4 is 28.9 Å². The first-order valence-corrected chi connectivity index (χ1v) is 8.77. The van der Waals surface area contributed by atoms with Crippen LogP contribution in [0.1, 0.15) is 49.4 Å². The first kappa shape index (κ1) is 17.1. The number of hydrogen-bond acceptors (Lipinski definition) is 4. The summed E-state index contributed by atoms with van der Waals surface area (Å²) in [6.07, 6.45) is 7.11. The maximum atomic E-state index is 12.2. The summed E-state index contributed by atoms with van der Waals surface area (Å²) in [7, 11) is 0. The van der Waals surface area contributed by atoms with Gasteiger partial charge >= 0.3 is 0 Å². The van der Waals surface area contributed by atoms with E-state index in [9.17, 15) is 9.59 Å². The highest BCUT2D eigenvalue weighted by Crippen LogP contribution is 2.25. The van der Waals surface area contributed by atoms with Crippen molar-refractivity contribution in [3.8, 4) is 0 Å². The predicted molar refractivity (Wildman–Crippen MR) is 99.2 cm³/mol. The van der Waals surface area contributed by atoms with Crippen LogP contribution in [0.2, 0.25) is 0 Å². The molecule has 1 fully saturated rings. The van der Waals surface area contributed by atoms with Gasteiger partial charge in [0.05, 0.1) is 11.9 Å². The number of nitrogens with zero attached hydrogens (tertiary/aromatic N) is 1. The van der Waals surface area contributed by atoms with Crippen molar-refractivity contribution in [3.05, 3.63) is 48.2 Å². The summed E-state index contributed by atoms with van der Waals surface area (Å²) in [5, 5.41) is 6.12. The molecule has 3 rings (SSSR count). The van der Waals surface area contributed by atoms with E-state index in [2.05, 4.69) is 15.6 Å². The number of Topliss-reactive ketones (excluding diaryl/α,β-unsaturated/α-hetero) is 1. The highest BCUT2D eigenvalue weighted by atomic mass is 16.2. The van der Waals surface area contributed by atoms with Crippen LogP contribution < -0.4 is 10.6 Å². The summed E-state index contributed by atoms with van der Waals surface area (Å²) in [4.78, 5) is 28.0. The van der Waals surface area contributed by atoms with Gasteiger partial charge in [0.1, 0.15) is 5.82 Å². The molecular formula is C20H23N3O2. The average molecular weight is 337 g/mol. The van der Waals surface area contributed by atoms with Gasteiger partial charge in [-0.25, -0.2) is 4.98 Å². The SMILES string of the molecule is CC(=O)c1cccc(Nc2ccc(NC(=O)C3CCCCC3)nc2)c1. The lowest BCUT2D eigenvalue weighted by atomic mass is 9.89. The Morgan fingerprint density at radius 1 is 1.04 bits per heavy atom. The zero-order valence-electron chi connectivity index (χ0n) is 14.4. The van der Waals surface area contributed by atoms with Gasteiger partial charge in [-0.15, -0.1) is 0 Å². The van der Waals surface area contributed by atoms with Crippen LogP contribution in [-0.4, -0.2) is 16.7 Å². The Hall–Kier alpha value is -2.69. The number of anilines is 3. The largest absolute Gasteiger partial charge is 0.354 e. The van der Waals surface area contributed by atoms with Gasteiger partial charge in [0.25, 0.3) is 0 Å². The molecule has 0 saturated heterocycles. The van der Waals surface area contributed by atoms with Gasteiger partial charge in [0.15, 0.2) is 5.78 Å². The maximum Gasteiger partial charge on any atom is 0.228 e. The Bertz CT molecular complexity index is 750. The minimum atomic E-state index is 0.0301. The summed E-state index contributed by atoms with van der Waals surface area (Å²) < 4.78 is 0. The fraction of sp³-hybridized carbons (Fsp3) is 0.350. The van der Waals surface area contributed by atoms with Crippen LogP contribution in [0, 0.1) is 5.92 Å². The van der Waals surface area contributed by atoms with Crippen LogP contribution >= 0.6 is 0 Å². The van der Waals surface area contributed by atoms with E-state index in [0.717, 1.165) is 37.1 Å². The number of aromatic nitrogens is 1.